The van der Waals surface area contributed by atoms with Gasteiger partial charge >= 0.3 is 0 Å². The Labute approximate surface area is 117 Å². The summed E-state index contributed by atoms with van der Waals surface area (Å²) >= 11 is 0. The zero-order valence-electron chi connectivity index (χ0n) is 12.7. The number of unbranched alkanes of at least 4 members (excludes halogenated alkanes) is 2. The van der Waals surface area contributed by atoms with Crippen molar-refractivity contribution in [3.05, 3.63) is 0 Å². The van der Waals surface area contributed by atoms with Crippen molar-refractivity contribution in [2.75, 3.05) is 0 Å². The van der Waals surface area contributed by atoms with Crippen LogP contribution in [0.25, 0.3) is 0 Å². The summed E-state index contributed by atoms with van der Waals surface area (Å²) in [5.74, 6) is 0.773. The standard InChI is InChI=1S/C16H28O3/c1-4-5-6-7-15(18)10-11-16(19)12-13(2)8-9-14(3)17/h13H,4-12H2,1-3H3. The maximum absolute atomic E-state index is 11.7. The van der Waals surface area contributed by atoms with Gasteiger partial charge < -0.3 is 4.79 Å². The fourth-order valence-electron chi connectivity index (χ4n) is 2.02. The minimum Gasteiger partial charge on any atom is -0.300 e. The Morgan fingerprint density at radius 1 is 0.895 bits per heavy atom. The first kappa shape index (κ1) is 18.0. The Hall–Kier alpha value is -0.990. The maximum Gasteiger partial charge on any atom is 0.133 e. The molecule has 0 aromatic carbocycles. The molecule has 3 nitrogen and oxygen atoms in total. The Bertz CT molecular complexity index is 294. The fraction of sp³-hybridized carbons (Fsp3) is 0.812. The van der Waals surface area contributed by atoms with Crippen LogP contribution in [0.1, 0.15) is 78.6 Å². The molecular weight excluding hydrogens is 240 g/mol. The van der Waals surface area contributed by atoms with E-state index in [0.29, 0.717) is 32.1 Å². The van der Waals surface area contributed by atoms with Crippen LogP contribution in [0, 0.1) is 5.92 Å². The quantitative estimate of drug-likeness (QED) is 0.505. The van der Waals surface area contributed by atoms with E-state index in [2.05, 4.69) is 6.92 Å². The lowest BCUT2D eigenvalue weighted by molar-refractivity contribution is -0.124. The first-order chi connectivity index (χ1) is 8.95. The van der Waals surface area contributed by atoms with Crippen LogP contribution in [-0.4, -0.2) is 17.3 Å². The van der Waals surface area contributed by atoms with Gasteiger partial charge in [-0.3, -0.25) is 9.59 Å². The Morgan fingerprint density at radius 2 is 1.53 bits per heavy atom. The summed E-state index contributed by atoms with van der Waals surface area (Å²) < 4.78 is 0. The average molecular weight is 268 g/mol. The zero-order chi connectivity index (χ0) is 14.7. The maximum atomic E-state index is 11.7. The highest BCUT2D eigenvalue weighted by atomic mass is 16.1. The van der Waals surface area contributed by atoms with Gasteiger partial charge in [0.05, 0.1) is 0 Å². The smallest absolute Gasteiger partial charge is 0.133 e. The number of carbonyl (C=O) groups excluding carboxylic acids is 3. The molecule has 0 spiro atoms. The second-order valence-corrected chi connectivity index (χ2v) is 5.58. The molecule has 0 bridgehead atoms. The molecule has 0 fully saturated rings. The summed E-state index contributed by atoms with van der Waals surface area (Å²) in [6, 6.07) is 0. The molecule has 0 saturated carbocycles. The van der Waals surface area contributed by atoms with Crippen molar-refractivity contribution in [1.29, 1.82) is 0 Å². The van der Waals surface area contributed by atoms with Crippen LogP contribution in [0.5, 0.6) is 0 Å². The van der Waals surface area contributed by atoms with Gasteiger partial charge in [0.2, 0.25) is 0 Å². The van der Waals surface area contributed by atoms with Gasteiger partial charge in [-0.15, -0.1) is 0 Å². The molecule has 0 radical (unpaired) electrons. The van der Waals surface area contributed by atoms with Crippen LogP contribution in [0.2, 0.25) is 0 Å². The summed E-state index contributed by atoms with van der Waals surface area (Å²) in [7, 11) is 0. The summed E-state index contributed by atoms with van der Waals surface area (Å²) in [4.78, 5) is 34.1. The van der Waals surface area contributed by atoms with E-state index in [1.54, 1.807) is 6.92 Å². The number of carbonyl (C=O) groups is 3. The molecule has 0 rings (SSSR count). The minimum atomic E-state index is 0.153. The van der Waals surface area contributed by atoms with E-state index in [1.807, 2.05) is 6.92 Å². The predicted molar refractivity (Wildman–Crippen MR) is 77.1 cm³/mol. The lowest BCUT2D eigenvalue weighted by atomic mass is 9.95. The molecule has 0 aromatic rings. The first-order valence-electron chi connectivity index (χ1n) is 7.48. The van der Waals surface area contributed by atoms with E-state index in [9.17, 15) is 14.4 Å². The highest BCUT2D eigenvalue weighted by Gasteiger charge is 2.11. The lowest BCUT2D eigenvalue weighted by Crippen LogP contribution is -2.09. The third-order valence-electron chi connectivity index (χ3n) is 3.31. The van der Waals surface area contributed by atoms with Crippen LogP contribution in [0.3, 0.4) is 0 Å². The molecule has 0 aliphatic rings. The number of rotatable bonds is 12. The van der Waals surface area contributed by atoms with Crippen molar-refractivity contribution >= 4 is 17.3 Å². The molecule has 3 heteroatoms. The summed E-state index contributed by atoms with van der Waals surface area (Å²) in [6.07, 6.45) is 6.32. The van der Waals surface area contributed by atoms with Crippen molar-refractivity contribution in [1.82, 2.24) is 0 Å². The van der Waals surface area contributed by atoms with Crippen LogP contribution in [-0.2, 0) is 14.4 Å². The van der Waals surface area contributed by atoms with Crippen LogP contribution in [0.15, 0.2) is 0 Å². The third-order valence-corrected chi connectivity index (χ3v) is 3.31. The summed E-state index contributed by atoms with van der Waals surface area (Å²) in [5.41, 5.74) is 0. The largest absolute Gasteiger partial charge is 0.300 e. The lowest BCUT2D eigenvalue weighted by Gasteiger charge is -2.09. The normalized spacial score (nSPS) is 12.2. The number of Topliss-reactive ketones (excluding diaryl/α,β-unsaturated/α-hetero) is 3. The van der Waals surface area contributed by atoms with Crippen molar-refractivity contribution in [2.24, 2.45) is 5.92 Å². The Kier molecular flexibility index (Phi) is 10.3. The first-order valence-corrected chi connectivity index (χ1v) is 7.48. The molecule has 0 heterocycles. The van der Waals surface area contributed by atoms with Crippen molar-refractivity contribution in [3.8, 4) is 0 Å². The van der Waals surface area contributed by atoms with E-state index < -0.39 is 0 Å². The van der Waals surface area contributed by atoms with E-state index in [0.717, 1.165) is 25.7 Å². The molecule has 1 atom stereocenters. The SMILES string of the molecule is CCCCCC(=O)CCC(=O)CC(C)CCC(C)=O. The highest BCUT2D eigenvalue weighted by molar-refractivity contribution is 5.86. The van der Waals surface area contributed by atoms with Gasteiger partial charge in [0.25, 0.3) is 0 Å². The third kappa shape index (κ3) is 11.8. The van der Waals surface area contributed by atoms with Crippen molar-refractivity contribution in [3.63, 3.8) is 0 Å². The van der Waals surface area contributed by atoms with Crippen LogP contribution >= 0.6 is 0 Å². The van der Waals surface area contributed by atoms with Gasteiger partial charge in [-0.2, -0.15) is 0 Å². The molecule has 110 valence electrons. The van der Waals surface area contributed by atoms with Crippen LogP contribution < -0.4 is 0 Å². The van der Waals surface area contributed by atoms with Gasteiger partial charge in [-0.05, 0) is 25.7 Å². The molecular formula is C16H28O3. The fourth-order valence-corrected chi connectivity index (χ4v) is 2.02. The average Bonchev–Trinajstić information content (AvgIpc) is 2.34. The number of hydrogen-bond donors (Lipinski definition) is 0. The second-order valence-electron chi connectivity index (χ2n) is 5.58. The molecule has 0 aliphatic carbocycles. The molecule has 1 unspecified atom stereocenters. The van der Waals surface area contributed by atoms with Crippen molar-refractivity contribution in [2.45, 2.75) is 78.6 Å². The molecule has 0 aliphatic heterocycles. The monoisotopic (exact) mass is 268 g/mol. The van der Waals surface area contributed by atoms with Gasteiger partial charge in [0.15, 0.2) is 0 Å². The second kappa shape index (κ2) is 10.9. The summed E-state index contributed by atoms with van der Waals surface area (Å²) in [5, 5.41) is 0. The highest BCUT2D eigenvalue weighted by Crippen LogP contribution is 2.13. The summed E-state index contributed by atoms with van der Waals surface area (Å²) in [6.45, 7) is 5.67. The zero-order valence-corrected chi connectivity index (χ0v) is 12.7. The van der Waals surface area contributed by atoms with Gasteiger partial charge in [-0.25, -0.2) is 0 Å². The number of hydrogen-bond acceptors (Lipinski definition) is 3. The van der Waals surface area contributed by atoms with Gasteiger partial charge in [-0.1, -0.05) is 26.7 Å². The van der Waals surface area contributed by atoms with Gasteiger partial charge in [0.1, 0.15) is 17.3 Å². The molecule has 0 aromatic heterocycles. The van der Waals surface area contributed by atoms with Crippen molar-refractivity contribution < 1.29 is 14.4 Å². The van der Waals surface area contributed by atoms with Crippen LogP contribution in [0.4, 0.5) is 0 Å². The topological polar surface area (TPSA) is 51.2 Å². The number of ketones is 3. The minimum absolute atomic E-state index is 0.153. The predicted octanol–water partition coefficient (Wildman–Crippen LogP) is 3.88. The van der Waals surface area contributed by atoms with Gasteiger partial charge in [0, 0.05) is 32.1 Å². The molecule has 0 saturated heterocycles. The van der Waals surface area contributed by atoms with E-state index >= 15 is 0 Å². The molecule has 0 N–H and O–H groups in total. The molecule has 19 heavy (non-hydrogen) atoms. The molecule has 0 amide bonds. The Morgan fingerprint density at radius 3 is 2.11 bits per heavy atom. The Balaban J connectivity index is 3.68. The van der Waals surface area contributed by atoms with E-state index in [-0.39, 0.29) is 23.3 Å². The van der Waals surface area contributed by atoms with E-state index in [1.165, 1.54) is 0 Å². The van der Waals surface area contributed by atoms with E-state index in [4.69, 9.17) is 0 Å².